The van der Waals surface area contributed by atoms with Gasteiger partial charge < -0.3 is 20.8 Å². The standard InChI is InChI=1S/C25H32N2O5/c28-20-13-11-18(12-14-20)16-22(25(31)32)27-24(30)21(15-17-7-3-1-4-8-17)26-23(29)19-9-5-2-6-10-19/h2,5-6,9-11,13-14,17-18,21-22,28H,1,3-4,7-8,12,15-16H2,(H,26,29)(H,27,30)(H,31,32)/t18?,21-,22-/m0/s1. The van der Waals surface area contributed by atoms with Gasteiger partial charge in [-0.2, -0.15) is 0 Å². The Morgan fingerprint density at radius 3 is 2.31 bits per heavy atom. The number of carboxylic acids is 1. The van der Waals surface area contributed by atoms with Gasteiger partial charge in [0.1, 0.15) is 17.8 Å². The van der Waals surface area contributed by atoms with Crippen molar-refractivity contribution in [2.75, 3.05) is 0 Å². The number of allylic oxidation sites excluding steroid dienone is 3. The van der Waals surface area contributed by atoms with Gasteiger partial charge in [0.2, 0.25) is 5.91 Å². The molecule has 172 valence electrons. The third kappa shape index (κ3) is 6.97. The Labute approximate surface area is 188 Å². The molecule has 1 aromatic rings. The predicted molar refractivity (Wildman–Crippen MR) is 121 cm³/mol. The van der Waals surface area contributed by atoms with Crippen molar-refractivity contribution in [2.45, 2.75) is 63.5 Å². The van der Waals surface area contributed by atoms with E-state index in [0.29, 0.717) is 24.3 Å². The molecular formula is C25H32N2O5. The van der Waals surface area contributed by atoms with Gasteiger partial charge >= 0.3 is 5.97 Å². The zero-order valence-electron chi connectivity index (χ0n) is 18.2. The molecule has 1 fully saturated rings. The van der Waals surface area contributed by atoms with Crippen LogP contribution in [0.1, 0.15) is 61.7 Å². The lowest BCUT2D eigenvalue weighted by Gasteiger charge is -2.28. The number of aliphatic carboxylic acids is 1. The Balaban J connectivity index is 1.68. The van der Waals surface area contributed by atoms with Crippen molar-refractivity contribution in [1.29, 1.82) is 0 Å². The fourth-order valence-corrected chi connectivity index (χ4v) is 4.44. The van der Waals surface area contributed by atoms with Gasteiger partial charge in [-0.25, -0.2) is 4.79 Å². The van der Waals surface area contributed by atoms with Gasteiger partial charge in [-0.3, -0.25) is 9.59 Å². The van der Waals surface area contributed by atoms with Gasteiger partial charge in [-0.1, -0.05) is 56.4 Å². The number of carboxylic acid groups (broad SMARTS) is 1. The first-order valence-electron chi connectivity index (χ1n) is 11.4. The molecule has 1 unspecified atom stereocenters. The summed E-state index contributed by atoms with van der Waals surface area (Å²) < 4.78 is 0. The van der Waals surface area contributed by atoms with Gasteiger partial charge in [-0.15, -0.1) is 0 Å². The lowest BCUT2D eigenvalue weighted by molar-refractivity contribution is -0.142. The van der Waals surface area contributed by atoms with Crippen LogP contribution in [0.3, 0.4) is 0 Å². The van der Waals surface area contributed by atoms with Crippen molar-refractivity contribution in [3.63, 3.8) is 0 Å². The van der Waals surface area contributed by atoms with E-state index in [2.05, 4.69) is 10.6 Å². The molecule has 7 nitrogen and oxygen atoms in total. The SMILES string of the molecule is O=C(N[C@@H](CC1CCCCC1)C(=O)N[C@@H](CC1C=CC(O)=CC1)C(=O)O)c1ccccc1. The first-order chi connectivity index (χ1) is 15.4. The maximum Gasteiger partial charge on any atom is 0.326 e. The second kappa shape index (κ2) is 11.5. The van der Waals surface area contributed by atoms with Crippen LogP contribution in [0.25, 0.3) is 0 Å². The van der Waals surface area contributed by atoms with Gasteiger partial charge in [0.15, 0.2) is 0 Å². The zero-order chi connectivity index (χ0) is 22.9. The third-order valence-corrected chi connectivity index (χ3v) is 6.27. The number of nitrogens with one attached hydrogen (secondary N) is 2. The van der Waals surface area contributed by atoms with E-state index < -0.39 is 24.0 Å². The average Bonchev–Trinajstić information content (AvgIpc) is 2.80. The molecule has 2 aliphatic carbocycles. The number of rotatable bonds is 9. The molecule has 2 amide bonds. The van der Waals surface area contributed by atoms with E-state index in [1.165, 1.54) is 6.42 Å². The highest BCUT2D eigenvalue weighted by Crippen LogP contribution is 2.28. The molecule has 1 saturated carbocycles. The predicted octanol–water partition coefficient (Wildman–Crippen LogP) is 3.73. The minimum Gasteiger partial charge on any atom is -0.508 e. The van der Waals surface area contributed by atoms with Crippen molar-refractivity contribution in [1.82, 2.24) is 10.6 Å². The van der Waals surface area contributed by atoms with Gasteiger partial charge in [0, 0.05) is 5.56 Å². The maximum atomic E-state index is 13.1. The van der Waals surface area contributed by atoms with Crippen LogP contribution in [0.15, 0.2) is 54.3 Å². The molecule has 4 N–H and O–H groups in total. The van der Waals surface area contributed by atoms with Gasteiger partial charge in [-0.05, 0) is 55.4 Å². The molecule has 1 aromatic carbocycles. The number of hydrogen-bond donors (Lipinski definition) is 4. The molecule has 0 aliphatic heterocycles. The summed E-state index contributed by atoms with van der Waals surface area (Å²) in [6.45, 7) is 0. The summed E-state index contributed by atoms with van der Waals surface area (Å²) in [5, 5.41) is 24.6. The average molecular weight is 441 g/mol. The lowest BCUT2D eigenvalue weighted by Crippen LogP contribution is -2.52. The number of amides is 2. The molecule has 0 spiro atoms. The molecule has 2 aliphatic rings. The number of aliphatic hydroxyl groups is 1. The van der Waals surface area contributed by atoms with E-state index in [0.717, 1.165) is 25.7 Å². The Morgan fingerprint density at radius 2 is 1.69 bits per heavy atom. The van der Waals surface area contributed by atoms with Crippen LogP contribution in [0, 0.1) is 11.8 Å². The van der Waals surface area contributed by atoms with Crippen molar-refractivity contribution < 1.29 is 24.6 Å². The van der Waals surface area contributed by atoms with Crippen molar-refractivity contribution in [3.8, 4) is 0 Å². The molecule has 0 saturated heterocycles. The summed E-state index contributed by atoms with van der Waals surface area (Å²) in [5.41, 5.74) is 0.461. The quantitative estimate of drug-likeness (QED) is 0.467. The Hall–Kier alpha value is -3.09. The fourth-order valence-electron chi connectivity index (χ4n) is 4.44. The monoisotopic (exact) mass is 440 g/mol. The summed E-state index contributed by atoms with van der Waals surface area (Å²) in [7, 11) is 0. The van der Waals surface area contributed by atoms with E-state index in [9.17, 15) is 24.6 Å². The Bertz CT molecular complexity index is 858. The van der Waals surface area contributed by atoms with Gasteiger partial charge in [0.05, 0.1) is 0 Å². The molecule has 3 atom stereocenters. The highest BCUT2D eigenvalue weighted by Gasteiger charge is 2.30. The normalized spacial score (nSPS) is 20.6. The van der Waals surface area contributed by atoms with Crippen LogP contribution in [0.5, 0.6) is 0 Å². The number of aliphatic hydroxyl groups excluding tert-OH is 1. The molecular weight excluding hydrogens is 408 g/mol. The topological polar surface area (TPSA) is 116 Å². The number of carbonyl (C=O) groups excluding carboxylic acids is 2. The van der Waals surface area contributed by atoms with Crippen LogP contribution < -0.4 is 10.6 Å². The summed E-state index contributed by atoms with van der Waals surface area (Å²) >= 11 is 0. The van der Waals surface area contributed by atoms with E-state index in [4.69, 9.17) is 0 Å². The molecule has 0 bridgehead atoms. The summed E-state index contributed by atoms with van der Waals surface area (Å²) in [6.07, 6.45) is 11.6. The molecule has 0 radical (unpaired) electrons. The molecule has 0 aromatic heterocycles. The Morgan fingerprint density at radius 1 is 0.969 bits per heavy atom. The highest BCUT2D eigenvalue weighted by atomic mass is 16.4. The summed E-state index contributed by atoms with van der Waals surface area (Å²) in [4.78, 5) is 37.7. The van der Waals surface area contributed by atoms with Crippen molar-refractivity contribution in [3.05, 3.63) is 59.9 Å². The summed E-state index contributed by atoms with van der Waals surface area (Å²) in [5.74, 6) is -1.53. The van der Waals surface area contributed by atoms with E-state index >= 15 is 0 Å². The highest BCUT2D eigenvalue weighted by molar-refractivity contribution is 5.98. The fraction of sp³-hybridized carbons (Fsp3) is 0.480. The van der Waals surface area contributed by atoms with Crippen LogP contribution in [-0.4, -0.2) is 40.1 Å². The minimum atomic E-state index is -1.11. The third-order valence-electron chi connectivity index (χ3n) is 6.27. The lowest BCUT2D eigenvalue weighted by atomic mass is 9.84. The second-order valence-corrected chi connectivity index (χ2v) is 8.75. The van der Waals surface area contributed by atoms with Crippen LogP contribution in [0.4, 0.5) is 0 Å². The largest absolute Gasteiger partial charge is 0.508 e. The smallest absolute Gasteiger partial charge is 0.326 e. The summed E-state index contributed by atoms with van der Waals surface area (Å²) in [6, 6.07) is 6.83. The van der Waals surface area contributed by atoms with Crippen LogP contribution in [-0.2, 0) is 9.59 Å². The van der Waals surface area contributed by atoms with E-state index in [-0.39, 0.29) is 24.0 Å². The molecule has 0 heterocycles. The molecule has 7 heteroatoms. The molecule has 32 heavy (non-hydrogen) atoms. The second-order valence-electron chi connectivity index (χ2n) is 8.75. The number of carbonyl (C=O) groups is 3. The minimum absolute atomic E-state index is 0.0944. The molecule has 3 rings (SSSR count). The van der Waals surface area contributed by atoms with Crippen molar-refractivity contribution >= 4 is 17.8 Å². The first kappa shape index (κ1) is 23.6. The van der Waals surface area contributed by atoms with Crippen molar-refractivity contribution in [2.24, 2.45) is 11.8 Å². The zero-order valence-corrected chi connectivity index (χ0v) is 18.2. The first-order valence-corrected chi connectivity index (χ1v) is 11.4. The number of hydrogen-bond acceptors (Lipinski definition) is 4. The van der Waals surface area contributed by atoms with Gasteiger partial charge in [0.25, 0.3) is 5.91 Å². The van der Waals surface area contributed by atoms with Crippen LogP contribution in [0.2, 0.25) is 0 Å². The Kier molecular flexibility index (Phi) is 8.48. The van der Waals surface area contributed by atoms with E-state index in [1.807, 2.05) is 6.07 Å². The number of benzene rings is 1. The van der Waals surface area contributed by atoms with E-state index in [1.54, 1.807) is 42.5 Å². The maximum absolute atomic E-state index is 13.1. The van der Waals surface area contributed by atoms with Crippen LogP contribution >= 0.6 is 0 Å².